The highest BCUT2D eigenvalue weighted by atomic mass is 32.2. The van der Waals surface area contributed by atoms with Gasteiger partial charge in [-0.1, -0.05) is 26.0 Å². The number of benzene rings is 2. The molecule has 1 aliphatic heterocycles. The van der Waals surface area contributed by atoms with E-state index in [1.807, 2.05) is 31.2 Å². The van der Waals surface area contributed by atoms with Gasteiger partial charge in [0.15, 0.2) is 0 Å². The summed E-state index contributed by atoms with van der Waals surface area (Å²) in [6, 6.07) is 12.5. The average molecular weight is 416 g/mol. The van der Waals surface area contributed by atoms with E-state index in [0.717, 1.165) is 24.3 Å². The highest BCUT2D eigenvalue weighted by Gasteiger charge is 2.23. The van der Waals surface area contributed by atoms with Gasteiger partial charge in [-0.05, 0) is 55.7 Å². The van der Waals surface area contributed by atoms with Crippen LogP contribution in [0.25, 0.3) is 0 Å². The van der Waals surface area contributed by atoms with Crippen molar-refractivity contribution in [1.29, 1.82) is 0 Å². The highest BCUT2D eigenvalue weighted by Crippen LogP contribution is 2.25. The second-order valence-electron chi connectivity index (χ2n) is 7.26. The van der Waals surface area contributed by atoms with Gasteiger partial charge in [-0.2, -0.15) is 4.31 Å². The van der Waals surface area contributed by atoms with E-state index in [-0.39, 0.29) is 10.8 Å². The molecule has 0 bridgehead atoms. The van der Waals surface area contributed by atoms with E-state index in [1.165, 1.54) is 23.2 Å². The van der Waals surface area contributed by atoms with Crippen LogP contribution in [0.1, 0.15) is 42.6 Å². The largest absolute Gasteiger partial charge is 0.371 e. The summed E-state index contributed by atoms with van der Waals surface area (Å²) in [4.78, 5) is 15.4. The summed E-state index contributed by atoms with van der Waals surface area (Å²) in [5.74, 6) is -0.308. The fourth-order valence-electron chi connectivity index (χ4n) is 3.67. The molecule has 156 valence electrons. The van der Waals surface area contributed by atoms with Crippen molar-refractivity contribution in [3.63, 3.8) is 0 Å². The first-order valence-corrected chi connectivity index (χ1v) is 11.6. The Balaban J connectivity index is 1.85. The number of nitrogens with zero attached hydrogens (tertiary/aromatic N) is 2. The van der Waals surface area contributed by atoms with Gasteiger partial charge in [0.1, 0.15) is 0 Å². The van der Waals surface area contributed by atoms with Crippen LogP contribution in [0.2, 0.25) is 0 Å². The number of anilines is 2. The Labute approximate surface area is 173 Å². The highest BCUT2D eigenvalue weighted by molar-refractivity contribution is 7.89. The van der Waals surface area contributed by atoms with Gasteiger partial charge in [0.2, 0.25) is 10.0 Å². The summed E-state index contributed by atoms with van der Waals surface area (Å²) in [7, 11) is -3.62. The summed E-state index contributed by atoms with van der Waals surface area (Å²) < 4.78 is 27.0. The lowest BCUT2D eigenvalue weighted by Gasteiger charge is -2.20. The topological polar surface area (TPSA) is 69.7 Å². The van der Waals surface area contributed by atoms with Gasteiger partial charge in [-0.15, -0.1) is 0 Å². The van der Waals surface area contributed by atoms with Crippen LogP contribution in [0.5, 0.6) is 0 Å². The quantitative estimate of drug-likeness (QED) is 0.745. The van der Waals surface area contributed by atoms with Crippen LogP contribution >= 0.6 is 0 Å². The maximum Gasteiger partial charge on any atom is 0.255 e. The second-order valence-corrected chi connectivity index (χ2v) is 9.20. The maximum atomic E-state index is 12.9. The zero-order chi connectivity index (χ0) is 21.0. The third kappa shape index (κ3) is 4.62. The van der Waals surface area contributed by atoms with Crippen LogP contribution in [0.4, 0.5) is 11.4 Å². The first-order chi connectivity index (χ1) is 13.9. The molecule has 3 rings (SSSR count). The molecule has 0 aliphatic carbocycles. The molecule has 0 saturated carbocycles. The fourth-order valence-corrected chi connectivity index (χ4v) is 5.16. The average Bonchev–Trinajstić information content (AvgIpc) is 3.24. The molecule has 2 aromatic rings. The van der Waals surface area contributed by atoms with E-state index >= 15 is 0 Å². The van der Waals surface area contributed by atoms with Crippen LogP contribution in [0.3, 0.4) is 0 Å². The van der Waals surface area contributed by atoms with Gasteiger partial charge in [0.25, 0.3) is 5.91 Å². The Morgan fingerprint density at radius 3 is 2.41 bits per heavy atom. The molecular weight excluding hydrogens is 386 g/mol. The molecule has 0 radical (unpaired) electrons. The predicted molar refractivity (Wildman–Crippen MR) is 117 cm³/mol. The molecule has 1 heterocycles. The minimum absolute atomic E-state index is 0.141. The summed E-state index contributed by atoms with van der Waals surface area (Å²) in [6.07, 6.45) is 2.37. The third-order valence-corrected chi connectivity index (χ3v) is 7.42. The molecule has 1 saturated heterocycles. The zero-order valence-electron chi connectivity index (χ0n) is 17.3. The molecule has 7 heteroatoms. The monoisotopic (exact) mass is 415 g/mol. The van der Waals surface area contributed by atoms with Gasteiger partial charge in [-0.25, -0.2) is 8.42 Å². The first kappa shape index (κ1) is 21.3. The molecule has 2 aromatic carbocycles. The fraction of sp³-hybridized carbons (Fsp3) is 0.409. The van der Waals surface area contributed by atoms with Gasteiger partial charge < -0.3 is 10.2 Å². The summed E-state index contributed by atoms with van der Waals surface area (Å²) >= 11 is 0. The van der Waals surface area contributed by atoms with Gasteiger partial charge in [-0.3, -0.25) is 4.79 Å². The summed E-state index contributed by atoms with van der Waals surface area (Å²) in [5, 5.41) is 2.92. The Hall–Kier alpha value is -2.38. The minimum atomic E-state index is -3.62. The number of amides is 1. The molecule has 29 heavy (non-hydrogen) atoms. The molecule has 0 aromatic heterocycles. The minimum Gasteiger partial charge on any atom is -0.371 e. The number of hydrogen-bond acceptors (Lipinski definition) is 4. The van der Waals surface area contributed by atoms with Crippen molar-refractivity contribution in [2.45, 2.75) is 38.5 Å². The number of carbonyl (C=O) groups is 1. The molecule has 6 nitrogen and oxygen atoms in total. The van der Waals surface area contributed by atoms with Gasteiger partial charge in [0.05, 0.1) is 4.90 Å². The molecule has 0 unspecified atom stereocenters. The van der Waals surface area contributed by atoms with E-state index in [1.54, 1.807) is 26.0 Å². The number of rotatable bonds is 7. The lowest BCUT2D eigenvalue weighted by Crippen LogP contribution is -2.30. The van der Waals surface area contributed by atoms with E-state index in [2.05, 4.69) is 10.2 Å². The van der Waals surface area contributed by atoms with E-state index in [4.69, 9.17) is 0 Å². The standard InChI is InChI=1S/C22H29N3O3S/c1-4-25(5-2)29(27,28)20-12-11-17(3)21(16-20)22(26)23-18-9-8-10-19(15-18)24-13-6-7-14-24/h8-12,15-16H,4-7,13-14H2,1-3H3,(H,23,26). The molecule has 1 N–H and O–H groups in total. The number of aryl methyl sites for hydroxylation is 1. The van der Waals surface area contributed by atoms with Gasteiger partial charge in [0, 0.05) is 43.1 Å². The Morgan fingerprint density at radius 1 is 1.07 bits per heavy atom. The summed E-state index contributed by atoms with van der Waals surface area (Å²) in [5.41, 5.74) is 2.90. The molecule has 1 fully saturated rings. The van der Waals surface area contributed by atoms with Crippen LogP contribution in [-0.2, 0) is 10.0 Å². The smallest absolute Gasteiger partial charge is 0.255 e. The van der Waals surface area contributed by atoms with Crippen molar-refractivity contribution in [3.8, 4) is 0 Å². The van der Waals surface area contributed by atoms with Crippen LogP contribution in [0.15, 0.2) is 47.4 Å². The number of carbonyl (C=O) groups excluding carboxylic acids is 1. The normalized spacial score (nSPS) is 14.4. The Kier molecular flexibility index (Phi) is 6.59. The second kappa shape index (κ2) is 8.97. The van der Waals surface area contributed by atoms with Crippen molar-refractivity contribution >= 4 is 27.3 Å². The Bertz CT molecular complexity index is 979. The Morgan fingerprint density at radius 2 is 1.76 bits per heavy atom. The van der Waals surface area contributed by atoms with Crippen LogP contribution < -0.4 is 10.2 Å². The third-order valence-electron chi connectivity index (χ3n) is 5.37. The van der Waals surface area contributed by atoms with E-state index < -0.39 is 10.0 Å². The van der Waals surface area contributed by atoms with Crippen molar-refractivity contribution < 1.29 is 13.2 Å². The van der Waals surface area contributed by atoms with E-state index in [9.17, 15) is 13.2 Å². The van der Waals surface area contributed by atoms with Crippen LogP contribution in [-0.4, -0.2) is 44.8 Å². The number of nitrogens with one attached hydrogen (secondary N) is 1. The molecule has 1 amide bonds. The first-order valence-electron chi connectivity index (χ1n) is 10.1. The lowest BCUT2D eigenvalue weighted by atomic mass is 10.1. The predicted octanol–water partition coefficient (Wildman–Crippen LogP) is 3.88. The lowest BCUT2D eigenvalue weighted by molar-refractivity contribution is 0.102. The van der Waals surface area contributed by atoms with Gasteiger partial charge >= 0.3 is 0 Å². The zero-order valence-corrected chi connectivity index (χ0v) is 18.1. The molecular formula is C22H29N3O3S. The van der Waals surface area contributed by atoms with Crippen LogP contribution in [0, 0.1) is 6.92 Å². The van der Waals surface area contributed by atoms with Crippen molar-refractivity contribution in [2.24, 2.45) is 0 Å². The SMILES string of the molecule is CCN(CC)S(=O)(=O)c1ccc(C)c(C(=O)Nc2cccc(N3CCCC3)c2)c1. The molecule has 0 spiro atoms. The molecule has 1 aliphatic rings. The summed E-state index contributed by atoms with van der Waals surface area (Å²) in [6.45, 7) is 8.24. The molecule has 0 atom stereocenters. The number of hydrogen-bond donors (Lipinski definition) is 1. The van der Waals surface area contributed by atoms with Crippen molar-refractivity contribution in [3.05, 3.63) is 53.6 Å². The van der Waals surface area contributed by atoms with Crippen molar-refractivity contribution in [2.75, 3.05) is 36.4 Å². The van der Waals surface area contributed by atoms with Crippen molar-refractivity contribution in [1.82, 2.24) is 4.31 Å². The number of sulfonamides is 1. The maximum absolute atomic E-state index is 12.9. The van der Waals surface area contributed by atoms with E-state index in [0.29, 0.717) is 24.3 Å².